The number of rotatable bonds is 10. The van der Waals surface area contributed by atoms with Crippen molar-refractivity contribution in [3.63, 3.8) is 0 Å². The van der Waals surface area contributed by atoms with Crippen LogP contribution in [0.2, 0.25) is 0 Å². The predicted octanol–water partition coefficient (Wildman–Crippen LogP) is 2.30. The first-order valence-electron chi connectivity index (χ1n) is 11.1. The largest absolute Gasteiger partial charge is 0.497 e. The maximum atomic E-state index is 5.41. The molecule has 0 amide bonds. The third-order valence-electron chi connectivity index (χ3n) is 5.44. The van der Waals surface area contributed by atoms with E-state index in [1.807, 2.05) is 10.6 Å². The van der Waals surface area contributed by atoms with Crippen molar-refractivity contribution in [1.29, 1.82) is 0 Å². The number of aryl methyl sites for hydroxylation is 1. The number of nitrogens with zero attached hydrogens (tertiary/aromatic N) is 5. The maximum absolute atomic E-state index is 5.41. The zero-order valence-electron chi connectivity index (χ0n) is 18.9. The summed E-state index contributed by atoms with van der Waals surface area (Å²) in [6.45, 7) is 6.65. The lowest BCUT2D eigenvalue weighted by Crippen LogP contribution is -2.48. The Morgan fingerprint density at radius 1 is 1.06 bits per heavy atom. The summed E-state index contributed by atoms with van der Waals surface area (Å²) in [5, 5.41) is 14.7. The molecule has 1 aliphatic rings. The van der Waals surface area contributed by atoms with Gasteiger partial charge in [-0.1, -0.05) is 0 Å². The van der Waals surface area contributed by atoms with E-state index in [1.54, 1.807) is 26.9 Å². The Labute approximate surface area is 184 Å². The molecule has 31 heavy (non-hydrogen) atoms. The number of benzene rings is 1. The van der Waals surface area contributed by atoms with E-state index in [-0.39, 0.29) is 0 Å². The van der Waals surface area contributed by atoms with Crippen LogP contribution in [0.1, 0.15) is 32.6 Å². The van der Waals surface area contributed by atoms with Crippen molar-refractivity contribution in [2.45, 2.75) is 45.2 Å². The first-order chi connectivity index (χ1) is 15.2. The molecule has 2 heterocycles. The molecule has 0 atom stereocenters. The summed E-state index contributed by atoms with van der Waals surface area (Å²) < 4.78 is 12.8. The van der Waals surface area contributed by atoms with E-state index < -0.39 is 0 Å². The predicted molar refractivity (Wildman–Crippen MR) is 123 cm³/mol. The van der Waals surface area contributed by atoms with E-state index in [1.165, 1.54) is 0 Å². The average Bonchev–Trinajstić information content (AvgIpc) is 3.32. The molecule has 9 nitrogen and oxygen atoms in total. The van der Waals surface area contributed by atoms with Crippen molar-refractivity contribution in [2.75, 3.05) is 45.3 Å². The molecule has 0 spiro atoms. The second-order valence-corrected chi connectivity index (χ2v) is 7.64. The number of hydrogen-bond donors (Lipinski definition) is 2. The van der Waals surface area contributed by atoms with Crippen LogP contribution in [0, 0.1) is 0 Å². The van der Waals surface area contributed by atoms with Crippen LogP contribution < -0.4 is 25.0 Å². The topological polar surface area (TPSA) is 88.8 Å². The number of aromatic nitrogens is 3. The standard InChI is InChI=1S/C22H35N7O2/c1-4-23-22(24-9-5-6-10-28-16-25-26-17-28)27-18-7-11-29(12-8-18)19-13-20(30-2)15-21(14-19)31-3/h13-18H,4-12H2,1-3H3,(H2,23,24,27). The summed E-state index contributed by atoms with van der Waals surface area (Å²) in [6, 6.07) is 6.46. The van der Waals surface area contributed by atoms with Gasteiger partial charge in [-0.2, -0.15) is 0 Å². The molecule has 1 saturated heterocycles. The molecule has 0 aliphatic carbocycles. The quantitative estimate of drug-likeness (QED) is 0.340. The van der Waals surface area contributed by atoms with Crippen LogP contribution >= 0.6 is 0 Å². The van der Waals surface area contributed by atoms with Gasteiger partial charge in [0.25, 0.3) is 0 Å². The lowest BCUT2D eigenvalue weighted by molar-refractivity contribution is 0.393. The molecule has 1 aromatic carbocycles. The highest BCUT2D eigenvalue weighted by atomic mass is 16.5. The minimum atomic E-state index is 0.415. The lowest BCUT2D eigenvalue weighted by atomic mass is 10.0. The Kier molecular flexibility index (Phi) is 8.81. The number of guanidine groups is 1. The molecule has 2 N–H and O–H groups in total. The van der Waals surface area contributed by atoms with Crippen LogP contribution in [-0.4, -0.2) is 67.2 Å². The molecule has 170 valence electrons. The summed E-state index contributed by atoms with van der Waals surface area (Å²) in [5.74, 6) is 2.55. The van der Waals surface area contributed by atoms with Crippen molar-refractivity contribution in [2.24, 2.45) is 4.99 Å². The highest BCUT2D eigenvalue weighted by Crippen LogP contribution is 2.30. The second-order valence-electron chi connectivity index (χ2n) is 7.64. The first-order valence-corrected chi connectivity index (χ1v) is 11.1. The van der Waals surface area contributed by atoms with Gasteiger partial charge in [0.05, 0.1) is 14.2 Å². The molecule has 0 unspecified atom stereocenters. The molecule has 0 saturated carbocycles. The smallest absolute Gasteiger partial charge is 0.191 e. The molecular formula is C22H35N7O2. The Balaban J connectivity index is 1.46. The van der Waals surface area contributed by atoms with E-state index in [9.17, 15) is 0 Å². The summed E-state index contributed by atoms with van der Waals surface area (Å²) >= 11 is 0. The van der Waals surface area contributed by atoms with Crippen molar-refractivity contribution in [3.8, 4) is 11.5 Å². The van der Waals surface area contributed by atoms with E-state index in [2.05, 4.69) is 44.8 Å². The number of hydrogen-bond acceptors (Lipinski definition) is 6. The highest BCUT2D eigenvalue weighted by Gasteiger charge is 2.21. The van der Waals surface area contributed by atoms with Gasteiger partial charge in [0, 0.05) is 62.7 Å². The lowest BCUT2D eigenvalue weighted by Gasteiger charge is -2.34. The fourth-order valence-corrected chi connectivity index (χ4v) is 3.71. The molecule has 2 aromatic rings. The Bertz CT molecular complexity index is 780. The third-order valence-corrected chi connectivity index (χ3v) is 5.44. The first kappa shape index (κ1) is 22.7. The van der Waals surface area contributed by atoms with Gasteiger partial charge in [0.1, 0.15) is 24.2 Å². The second kappa shape index (κ2) is 12.0. The van der Waals surface area contributed by atoms with Crippen molar-refractivity contribution < 1.29 is 9.47 Å². The molecular weight excluding hydrogens is 394 g/mol. The molecule has 0 radical (unpaired) electrons. The Morgan fingerprint density at radius 2 is 1.74 bits per heavy atom. The Hall–Kier alpha value is -2.97. The average molecular weight is 430 g/mol. The minimum Gasteiger partial charge on any atom is -0.497 e. The number of unbranched alkanes of at least 4 members (excludes halogenated alkanes) is 1. The van der Waals surface area contributed by atoms with Crippen LogP contribution in [0.15, 0.2) is 35.8 Å². The summed E-state index contributed by atoms with van der Waals surface area (Å²) in [6.07, 6.45) is 7.70. The van der Waals surface area contributed by atoms with Crippen molar-refractivity contribution in [3.05, 3.63) is 30.9 Å². The van der Waals surface area contributed by atoms with E-state index in [4.69, 9.17) is 14.5 Å². The third kappa shape index (κ3) is 7.04. The van der Waals surface area contributed by atoms with E-state index in [0.717, 1.165) is 81.6 Å². The van der Waals surface area contributed by atoms with E-state index in [0.29, 0.717) is 6.04 Å². The van der Waals surface area contributed by atoms with Gasteiger partial charge in [-0.25, -0.2) is 0 Å². The monoisotopic (exact) mass is 429 g/mol. The van der Waals surface area contributed by atoms with Crippen LogP contribution in [0.25, 0.3) is 0 Å². The Morgan fingerprint density at radius 3 is 2.35 bits per heavy atom. The number of nitrogens with one attached hydrogen (secondary N) is 2. The van der Waals surface area contributed by atoms with Crippen molar-refractivity contribution in [1.82, 2.24) is 25.4 Å². The number of anilines is 1. The van der Waals surface area contributed by atoms with Crippen LogP contribution in [-0.2, 0) is 6.54 Å². The summed E-state index contributed by atoms with van der Waals surface area (Å²) in [4.78, 5) is 7.14. The number of methoxy groups -OCH3 is 2. The van der Waals surface area contributed by atoms with Crippen LogP contribution in [0.3, 0.4) is 0 Å². The van der Waals surface area contributed by atoms with Gasteiger partial charge in [0.15, 0.2) is 5.96 Å². The van der Waals surface area contributed by atoms with Gasteiger partial charge in [0.2, 0.25) is 0 Å². The van der Waals surface area contributed by atoms with Gasteiger partial charge in [-0.05, 0) is 32.6 Å². The fourth-order valence-electron chi connectivity index (χ4n) is 3.71. The number of aliphatic imine (C=N–C) groups is 1. The van der Waals surface area contributed by atoms with Gasteiger partial charge in [-0.15, -0.1) is 10.2 Å². The molecule has 1 fully saturated rings. The maximum Gasteiger partial charge on any atom is 0.191 e. The van der Waals surface area contributed by atoms with Gasteiger partial charge in [-0.3, -0.25) is 4.99 Å². The van der Waals surface area contributed by atoms with Crippen LogP contribution in [0.5, 0.6) is 11.5 Å². The zero-order chi connectivity index (χ0) is 21.9. The molecule has 1 aliphatic heterocycles. The zero-order valence-corrected chi connectivity index (χ0v) is 18.9. The molecule has 3 rings (SSSR count). The summed E-state index contributed by atoms with van der Waals surface area (Å²) in [5.41, 5.74) is 1.14. The van der Waals surface area contributed by atoms with Crippen molar-refractivity contribution >= 4 is 11.6 Å². The molecule has 1 aromatic heterocycles. The number of ether oxygens (including phenoxy) is 2. The minimum absolute atomic E-state index is 0.415. The van der Waals surface area contributed by atoms with Gasteiger partial charge < -0.3 is 29.6 Å². The normalized spacial score (nSPS) is 15.1. The molecule has 0 bridgehead atoms. The SMILES string of the molecule is CCNC(=NCCCCn1cnnc1)NC1CCN(c2cc(OC)cc(OC)c2)CC1. The highest BCUT2D eigenvalue weighted by molar-refractivity contribution is 5.80. The number of piperidine rings is 1. The molecule has 9 heteroatoms. The fraction of sp³-hybridized carbons (Fsp3) is 0.591. The van der Waals surface area contributed by atoms with Crippen LogP contribution in [0.4, 0.5) is 5.69 Å². The van der Waals surface area contributed by atoms with E-state index >= 15 is 0 Å². The van der Waals surface area contributed by atoms with Gasteiger partial charge >= 0.3 is 0 Å². The summed E-state index contributed by atoms with van der Waals surface area (Å²) in [7, 11) is 3.37.